The molecule has 0 saturated carbocycles. The second-order valence-electron chi connectivity index (χ2n) is 6.11. The highest BCUT2D eigenvalue weighted by molar-refractivity contribution is 5.82. The number of nitriles is 1. The average Bonchev–Trinajstić information content (AvgIpc) is 3.07. The number of nitrogens with zero attached hydrogens (tertiary/aromatic N) is 3. The van der Waals surface area contributed by atoms with Crippen molar-refractivity contribution in [2.45, 2.75) is 6.92 Å². The van der Waals surface area contributed by atoms with Crippen LogP contribution < -0.4 is 20.8 Å². The van der Waals surface area contributed by atoms with E-state index in [1.54, 1.807) is 20.2 Å². The minimum absolute atomic E-state index is 0.217. The number of aromatic nitrogens is 2. The molecule has 0 bridgehead atoms. The number of para-hydroxylation sites is 2. The van der Waals surface area contributed by atoms with Crippen molar-refractivity contribution in [2.75, 3.05) is 12.4 Å². The van der Waals surface area contributed by atoms with E-state index < -0.39 is 0 Å². The highest BCUT2D eigenvalue weighted by Gasteiger charge is 2.15. The summed E-state index contributed by atoms with van der Waals surface area (Å²) in [5.41, 5.74) is 3.31. The number of imidazole rings is 1. The first kappa shape index (κ1) is 16.6. The Morgan fingerprint density at radius 3 is 2.81 bits per heavy atom. The quantitative estimate of drug-likeness (QED) is 0.610. The summed E-state index contributed by atoms with van der Waals surface area (Å²) >= 11 is 0. The van der Waals surface area contributed by atoms with Crippen molar-refractivity contribution in [3.8, 4) is 11.8 Å². The van der Waals surface area contributed by atoms with E-state index in [0.29, 0.717) is 38.8 Å². The Bertz CT molecular complexity index is 1330. The molecular formula is C21H16N4O2. The zero-order valence-electron chi connectivity index (χ0n) is 14.9. The van der Waals surface area contributed by atoms with Crippen LogP contribution >= 0.6 is 0 Å². The summed E-state index contributed by atoms with van der Waals surface area (Å²) in [5, 5.41) is 13.2. The van der Waals surface area contributed by atoms with Gasteiger partial charge in [-0.2, -0.15) is 5.26 Å². The highest BCUT2D eigenvalue weighted by Crippen LogP contribution is 2.18. The number of pyridine rings is 1. The molecule has 0 aliphatic rings. The van der Waals surface area contributed by atoms with Gasteiger partial charge in [0.05, 0.1) is 28.9 Å². The van der Waals surface area contributed by atoms with Crippen LogP contribution in [0.15, 0.2) is 53.3 Å². The highest BCUT2D eigenvalue weighted by atomic mass is 16.5. The Labute approximate surface area is 154 Å². The van der Waals surface area contributed by atoms with Gasteiger partial charge in [0.2, 0.25) is 0 Å². The molecule has 4 aromatic rings. The summed E-state index contributed by atoms with van der Waals surface area (Å²) in [6, 6.07) is 16.9. The van der Waals surface area contributed by atoms with Crippen LogP contribution in [0.5, 0.6) is 5.75 Å². The number of methoxy groups -OCH3 is 1. The molecule has 132 valence electrons. The molecule has 27 heavy (non-hydrogen) atoms. The van der Waals surface area contributed by atoms with Gasteiger partial charge in [-0.05, 0) is 36.8 Å². The van der Waals surface area contributed by atoms with Gasteiger partial charge in [0.15, 0.2) is 5.65 Å². The van der Waals surface area contributed by atoms with Crippen molar-refractivity contribution in [3.63, 3.8) is 0 Å². The summed E-state index contributed by atoms with van der Waals surface area (Å²) in [4.78, 5) is 17.6. The Balaban J connectivity index is 1.99. The Kier molecular flexibility index (Phi) is 3.98. The number of ether oxygens (including phenoxy) is 1. The maximum Gasteiger partial charge on any atom is 0.265 e. The molecule has 1 N–H and O–H groups in total. The molecular weight excluding hydrogens is 340 g/mol. The molecule has 2 aromatic heterocycles. The monoisotopic (exact) mass is 356 g/mol. The molecule has 0 atom stereocenters. The fourth-order valence-electron chi connectivity index (χ4n) is 3.15. The van der Waals surface area contributed by atoms with Gasteiger partial charge in [-0.25, -0.2) is 4.98 Å². The standard InChI is InChI=1S/C21H16N4O2/c1-13-16(11-22)20-24-18-8-3-4-9-19(18)25(20)21(26)17(13)12-23-14-6-5-7-15(10-14)27-2/h3-10,12,23H,1-2H3/b17-12+. The predicted molar refractivity (Wildman–Crippen MR) is 105 cm³/mol. The van der Waals surface area contributed by atoms with Gasteiger partial charge in [-0.1, -0.05) is 18.2 Å². The van der Waals surface area contributed by atoms with Crippen LogP contribution in [0.3, 0.4) is 0 Å². The second kappa shape index (κ2) is 6.46. The van der Waals surface area contributed by atoms with Gasteiger partial charge in [-0.3, -0.25) is 9.20 Å². The van der Waals surface area contributed by atoms with Crippen LogP contribution in [0.1, 0.15) is 11.1 Å². The first-order valence-corrected chi connectivity index (χ1v) is 8.38. The van der Waals surface area contributed by atoms with E-state index in [-0.39, 0.29) is 5.56 Å². The minimum Gasteiger partial charge on any atom is -0.497 e. The summed E-state index contributed by atoms with van der Waals surface area (Å²) in [6.07, 6.45) is 1.63. The lowest BCUT2D eigenvalue weighted by Gasteiger charge is -2.05. The second-order valence-corrected chi connectivity index (χ2v) is 6.11. The number of nitrogens with one attached hydrogen (secondary N) is 1. The largest absolute Gasteiger partial charge is 0.497 e. The topological polar surface area (TPSA) is 79.4 Å². The lowest BCUT2D eigenvalue weighted by molar-refractivity contribution is 0.415. The van der Waals surface area contributed by atoms with Crippen LogP contribution in [0.2, 0.25) is 0 Å². The van der Waals surface area contributed by atoms with Crippen molar-refractivity contribution in [2.24, 2.45) is 0 Å². The Hall–Kier alpha value is -3.85. The fraction of sp³-hybridized carbons (Fsp3) is 0.0952. The third-order valence-corrected chi connectivity index (χ3v) is 4.56. The van der Waals surface area contributed by atoms with E-state index in [1.165, 1.54) is 4.40 Å². The normalized spacial score (nSPS) is 11.7. The molecule has 4 rings (SSSR count). The lowest BCUT2D eigenvalue weighted by atomic mass is 10.1. The van der Waals surface area contributed by atoms with Crippen molar-refractivity contribution < 1.29 is 4.74 Å². The van der Waals surface area contributed by atoms with Crippen molar-refractivity contribution in [1.29, 1.82) is 5.26 Å². The van der Waals surface area contributed by atoms with E-state index in [4.69, 9.17) is 4.74 Å². The van der Waals surface area contributed by atoms with Crippen molar-refractivity contribution in [1.82, 2.24) is 9.38 Å². The molecule has 0 aliphatic heterocycles. The van der Waals surface area contributed by atoms with E-state index in [0.717, 1.165) is 5.69 Å². The maximum atomic E-state index is 13.2. The van der Waals surface area contributed by atoms with E-state index in [2.05, 4.69) is 16.4 Å². The number of hydrogen-bond donors (Lipinski definition) is 1. The third kappa shape index (κ3) is 2.66. The molecule has 0 saturated heterocycles. The van der Waals surface area contributed by atoms with Crippen molar-refractivity contribution in [3.05, 3.63) is 75.2 Å². The molecule has 2 aromatic carbocycles. The summed E-state index contributed by atoms with van der Waals surface area (Å²) in [5.74, 6) is 0.709. The smallest absolute Gasteiger partial charge is 0.265 e. The molecule has 2 heterocycles. The number of fused-ring (bicyclic) bond motifs is 3. The van der Waals surface area contributed by atoms with Crippen LogP contribution in [0.4, 0.5) is 5.69 Å². The lowest BCUT2D eigenvalue weighted by Crippen LogP contribution is -2.34. The minimum atomic E-state index is -0.217. The first-order valence-electron chi connectivity index (χ1n) is 8.38. The molecule has 0 unspecified atom stereocenters. The third-order valence-electron chi connectivity index (χ3n) is 4.56. The number of benzene rings is 2. The number of hydrogen-bond acceptors (Lipinski definition) is 5. The van der Waals surface area contributed by atoms with Gasteiger partial charge in [0, 0.05) is 18.0 Å². The Morgan fingerprint density at radius 2 is 2.04 bits per heavy atom. The van der Waals surface area contributed by atoms with Gasteiger partial charge in [-0.15, -0.1) is 0 Å². The van der Waals surface area contributed by atoms with Gasteiger partial charge < -0.3 is 10.1 Å². The van der Waals surface area contributed by atoms with Crippen LogP contribution in [-0.4, -0.2) is 16.5 Å². The zero-order chi connectivity index (χ0) is 19.0. The summed E-state index contributed by atoms with van der Waals surface area (Å²) in [6.45, 7) is 1.76. The van der Waals surface area contributed by atoms with Gasteiger partial charge >= 0.3 is 0 Å². The number of anilines is 1. The van der Waals surface area contributed by atoms with Gasteiger partial charge in [0.1, 0.15) is 11.8 Å². The van der Waals surface area contributed by atoms with E-state index in [1.807, 2.05) is 48.5 Å². The van der Waals surface area contributed by atoms with Crippen LogP contribution in [-0.2, 0) is 0 Å². The fourth-order valence-corrected chi connectivity index (χ4v) is 3.15. The van der Waals surface area contributed by atoms with E-state index in [9.17, 15) is 10.1 Å². The zero-order valence-corrected chi connectivity index (χ0v) is 14.9. The summed E-state index contributed by atoms with van der Waals surface area (Å²) in [7, 11) is 1.60. The number of rotatable bonds is 3. The Morgan fingerprint density at radius 1 is 1.22 bits per heavy atom. The predicted octanol–water partition coefficient (Wildman–Crippen LogP) is 2.61. The molecule has 6 nitrogen and oxygen atoms in total. The SMILES string of the molecule is COc1cccc(N/C=c2\c(C)c(C#N)c3nc4ccccc4n3c2=O)c1. The summed E-state index contributed by atoms with van der Waals surface area (Å²) < 4.78 is 6.72. The molecule has 6 heteroatoms. The van der Waals surface area contributed by atoms with Gasteiger partial charge in [0.25, 0.3) is 5.56 Å². The first-order chi connectivity index (χ1) is 13.1. The average molecular weight is 356 g/mol. The van der Waals surface area contributed by atoms with E-state index >= 15 is 0 Å². The molecule has 0 aliphatic carbocycles. The van der Waals surface area contributed by atoms with Crippen LogP contribution in [0, 0.1) is 18.3 Å². The molecule has 0 amide bonds. The van der Waals surface area contributed by atoms with Crippen molar-refractivity contribution >= 4 is 28.6 Å². The maximum absolute atomic E-state index is 13.2. The van der Waals surface area contributed by atoms with Crippen LogP contribution in [0.25, 0.3) is 22.9 Å². The molecule has 0 radical (unpaired) electrons. The molecule has 0 spiro atoms. The molecule has 0 fully saturated rings.